The molecular weight excluding hydrogens is 500 g/mol. The molecule has 2 rings (SSSR count). The van der Waals surface area contributed by atoms with E-state index in [1.54, 1.807) is 12.1 Å². The SMILES string of the molecule is CC(C)CC(N)C(=O)NC(CS)C(=O)NC(Cc1ccc(O)cc1)C(=O)NC(Cc1cnc[nH]1)C(=O)O. The molecule has 0 saturated heterocycles. The van der Waals surface area contributed by atoms with E-state index in [-0.39, 0.29) is 30.3 Å². The van der Waals surface area contributed by atoms with Crippen LogP contribution in [0.25, 0.3) is 0 Å². The maximum Gasteiger partial charge on any atom is 0.326 e. The van der Waals surface area contributed by atoms with Gasteiger partial charge in [0.15, 0.2) is 0 Å². The summed E-state index contributed by atoms with van der Waals surface area (Å²) >= 11 is 4.15. The minimum absolute atomic E-state index is 0.00560. The Morgan fingerprint density at radius 2 is 1.57 bits per heavy atom. The molecule has 0 fully saturated rings. The number of phenolic OH excluding ortho intramolecular Hbond substituents is 1. The second-order valence-corrected chi connectivity index (χ2v) is 9.46. The first-order valence-electron chi connectivity index (χ1n) is 11.8. The number of phenols is 1. The number of aliphatic carboxylic acids is 1. The molecule has 0 bridgehead atoms. The number of nitrogens with one attached hydrogen (secondary N) is 4. The number of nitrogens with two attached hydrogens (primary N) is 1. The number of rotatable bonds is 14. The Labute approximate surface area is 220 Å². The van der Waals surface area contributed by atoms with Gasteiger partial charge in [-0.25, -0.2) is 9.78 Å². The zero-order valence-corrected chi connectivity index (χ0v) is 21.6. The highest BCUT2D eigenvalue weighted by molar-refractivity contribution is 7.80. The summed E-state index contributed by atoms with van der Waals surface area (Å²) in [4.78, 5) is 57.0. The Morgan fingerprint density at radius 1 is 0.973 bits per heavy atom. The van der Waals surface area contributed by atoms with E-state index in [1.165, 1.54) is 24.7 Å². The third-order valence-electron chi connectivity index (χ3n) is 5.48. The first kappa shape index (κ1) is 29.6. The van der Waals surface area contributed by atoms with E-state index < -0.39 is 47.9 Å². The lowest BCUT2D eigenvalue weighted by atomic mass is 10.0. The summed E-state index contributed by atoms with van der Waals surface area (Å²) in [6, 6.07) is 1.63. The lowest BCUT2D eigenvalue weighted by Crippen LogP contribution is -2.58. The van der Waals surface area contributed by atoms with Gasteiger partial charge in [0, 0.05) is 30.5 Å². The molecule has 4 unspecified atom stereocenters. The smallest absolute Gasteiger partial charge is 0.326 e. The van der Waals surface area contributed by atoms with Gasteiger partial charge in [-0.3, -0.25) is 14.4 Å². The number of nitrogens with zero attached hydrogens (tertiary/aromatic N) is 1. The summed E-state index contributed by atoms with van der Waals surface area (Å²) in [5, 5.41) is 26.8. The molecule has 37 heavy (non-hydrogen) atoms. The van der Waals surface area contributed by atoms with Crippen molar-refractivity contribution in [1.29, 1.82) is 0 Å². The highest BCUT2D eigenvalue weighted by Crippen LogP contribution is 2.12. The van der Waals surface area contributed by atoms with Crippen LogP contribution < -0.4 is 21.7 Å². The van der Waals surface area contributed by atoms with Crippen LogP contribution in [0.3, 0.4) is 0 Å². The summed E-state index contributed by atoms with van der Waals surface area (Å²) in [6.45, 7) is 3.83. The number of hydrogen-bond acceptors (Lipinski definition) is 8. The number of aromatic hydroxyl groups is 1. The topological polar surface area (TPSA) is 200 Å². The molecule has 4 atom stereocenters. The molecule has 0 saturated carbocycles. The summed E-state index contributed by atoms with van der Waals surface area (Å²) in [5.41, 5.74) is 7.01. The largest absolute Gasteiger partial charge is 0.508 e. The van der Waals surface area contributed by atoms with Crippen LogP contribution in [0.2, 0.25) is 0 Å². The molecule has 2 aromatic rings. The van der Waals surface area contributed by atoms with Crippen LogP contribution in [0, 0.1) is 5.92 Å². The highest BCUT2D eigenvalue weighted by Gasteiger charge is 2.30. The fourth-order valence-corrected chi connectivity index (χ4v) is 3.78. The minimum atomic E-state index is -1.29. The van der Waals surface area contributed by atoms with Crippen LogP contribution in [-0.2, 0) is 32.0 Å². The van der Waals surface area contributed by atoms with Crippen molar-refractivity contribution >= 4 is 36.3 Å². The molecule has 0 aliphatic heterocycles. The van der Waals surface area contributed by atoms with Crippen LogP contribution in [0.4, 0.5) is 0 Å². The maximum absolute atomic E-state index is 13.2. The highest BCUT2D eigenvalue weighted by atomic mass is 32.1. The fourth-order valence-electron chi connectivity index (χ4n) is 3.53. The monoisotopic (exact) mass is 534 g/mol. The number of carboxylic acids is 1. The van der Waals surface area contributed by atoms with E-state index in [4.69, 9.17) is 5.73 Å². The van der Waals surface area contributed by atoms with Crippen molar-refractivity contribution in [3.8, 4) is 5.75 Å². The zero-order chi connectivity index (χ0) is 27.5. The van der Waals surface area contributed by atoms with Crippen LogP contribution in [0.5, 0.6) is 5.75 Å². The Hall–Kier alpha value is -3.58. The molecular formula is C24H34N6O6S. The van der Waals surface area contributed by atoms with Crippen LogP contribution >= 0.6 is 12.6 Å². The molecule has 1 aromatic heterocycles. The Bertz CT molecular complexity index is 1050. The number of aromatic nitrogens is 2. The predicted octanol–water partition coefficient (Wildman–Crippen LogP) is -0.257. The number of benzene rings is 1. The number of amides is 3. The van der Waals surface area contributed by atoms with E-state index in [0.29, 0.717) is 17.7 Å². The van der Waals surface area contributed by atoms with Gasteiger partial charge in [0.25, 0.3) is 0 Å². The van der Waals surface area contributed by atoms with E-state index in [9.17, 15) is 29.4 Å². The van der Waals surface area contributed by atoms with Crippen molar-refractivity contribution in [3.63, 3.8) is 0 Å². The lowest BCUT2D eigenvalue weighted by Gasteiger charge is -2.25. The predicted molar refractivity (Wildman–Crippen MR) is 139 cm³/mol. The van der Waals surface area contributed by atoms with Crippen molar-refractivity contribution in [1.82, 2.24) is 25.9 Å². The van der Waals surface area contributed by atoms with Gasteiger partial charge in [-0.2, -0.15) is 12.6 Å². The normalized spacial score (nSPS) is 14.3. The van der Waals surface area contributed by atoms with Crippen molar-refractivity contribution in [2.24, 2.45) is 11.7 Å². The molecule has 0 aliphatic carbocycles. The first-order chi connectivity index (χ1) is 17.5. The lowest BCUT2D eigenvalue weighted by molar-refractivity contribution is -0.142. The number of aromatic amines is 1. The molecule has 0 spiro atoms. The number of H-pyrrole nitrogens is 1. The van der Waals surface area contributed by atoms with Crippen LogP contribution in [0.1, 0.15) is 31.5 Å². The molecule has 202 valence electrons. The van der Waals surface area contributed by atoms with Gasteiger partial charge in [-0.05, 0) is 30.0 Å². The number of imidazole rings is 1. The van der Waals surface area contributed by atoms with E-state index in [1.807, 2.05) is 13.8 Å². The fraction of sp³-hybridized carbons (Fsp3) is 0.458. The van der Waals surface area contributed by atoms with Gasteiger partial charge in [0.2, 0.25) is 17.7 Å². The number of carbonyl (C=O) groups is 4. The molecule has 1 aromatic carbocycles. The molecule has 3 amide bonds. The van der Waals surface area contributed by atoms with E-state index >= 15 is 0 Å². The maximum atomic E-state index is 13.2. The molecule has 0 aliphatic rings. The van der Waals surface area contributed by atoms with Gasteiger partial charge in [0.05, 0.1) is 12.4 Å². The molecule has 8 N–H and O–H groups in total. The average molecular weight is 535 g/mol. The average Bonchev–Trinajstić information content (AvgIpc) is 3.35. The molecule has 1 heterocycles. The number of carboxylic acid groups (broad SMARTS) is 1. The van der Waals surface area contributed by atoms with Gasteiger partial charge >= 0.3 is 5.97 Å². The molecule has 12 nitrogen and oxygen atoms in total. The third-order valence-corrected chi connectivity index (χ3v) is 5.85. The third kappa shape index (κ3) is 9.77. The Balaban J connectivity index is 2.18. The van der Waals surface area contributed by atoms with Crippen molar-refractivity contribution < 1.29 is 29.4 Å². The van der Waals surface area contributed by atoms with E-state index in [0.717, 1.165) is 0 Å². The van der Waals surface area contributed by atoms with Crippen molar-refractivity contribution in [2.45, 2.75) is 57.3 Å². The molecule has 0 radical (unpaired) electrons. The second kappa shape index (κ2) is 14.2. The summed E-state index contributed by atoms with van der Waals surface area (Å²) in [6.07, 6.45) is 3.20. The summed E-state index contributed by atoms with van der Waals surface area (Å²) in [7, 11) is 0. The Morgan fingerprint density at radius 3 is 2.11 bits per heavy atom. The summed E-state index contributed by atoms with van der Waals surface area (Å²) in [5.74, 6) is -3.07. The van der Waals surface area contributed by atoms with Crippen molar-refractivity contribution in [3.05, 3.63) is 48.0 Å². The van der Waals surface area contributed by atoms with E-state index in [2.05, 4.69) is 38.5 Å². The van der Waals surface area contributed by atoms with Gasteiger partial charge < -0.3 is 36.9 Å². The minimum Gasteiger partial charge on any atom is -0.508 e. The molecule has 13 heteroatoms. The number of hydrogen-bond donors (Lipinski definition) is 8. The van der Waals surface area contributed by atoms with Gasteiger partial charge in [-0.1, -0.05) is 26.0 Å². The van der Waals surface area contributed by atoms with Gasteiger partial charge in [-0.15, -0.1) is 0 Å². The number of thiol groups is 1. The Kier molecular flexibility index (Phi) is 11.4. The van der Waals surface area contributed by atoms with Crippen LogP contribution in [-0.4, -0.2) is 73.8 Å². The zero-order valence-electron chi connectivity index (χ0n) is 20.7. The standard InChI is InChI=1S/C24H34N6O6S/c1-13(2)7-17(25)21(32)30-20(11-37)23(34)28-18(8-14-3-5-16(31)6-4-14)22(33)29-19(24(35)36)9-15-10-26-12-27-15/h3-6,10,12-13,17-20,31,37H,7-9,11,25H2,1-2H3,(H,26,27)(H,28,34)(H,29,33)(H,30,32)(H,35,36). The second-order valence-electron chi connectivity index (χ2n) is 9.09. The van der Waals surface area contributed by atoms with Gasteiger partial charge in [0.1, 0.15) is 23.9 Å². The first-order valence-corrected chi connectivity index (χ1v) is 12.4. The number of carbonyl (C=O) groups excluding carboxylic acids is 3. The van der Waals surface area contributed by atoms with Crippen LogP contribution in [0.15, 0.2) is 36.8 Å². The quantitative estimate of drug-likeness (QED) is 0.152. The summed E-state index contributed by atoms with van der Waals surface area (Å²) < 4.78 is 0. The van der Waals surface area contributed by atoms with Crippen molar-refractivity contribution in [2.75, 3.05) is 5.75 Å².